The molecule has 1 aliphatic rings. The van der Waals surface area contributed by atoms with Gasteiger partial charge in [-0.15, -0.1) is 0 Å². The highest BCUT2D eigenvalue weighted by atomic mass is 35.5. The van der Waals surface area contributed by atoms with Crippen molar-refractivity contribution in [3.8, 4) is 0 Å². The van der Waals surface area contributed by atoms with Gasteiger partial charge in [0, 0.05) is 6.04 Å². The third kappa shape index (κ3) is 1.88. The van der Waals surface area contributed by atoms with Gasteiger partial charge in [-0.1, -0.05) is 17.7 Å². The van der Waals surface area contributed by atoms with Crippen molar-refractivity contribution >= 4 is 11.6 Å². The van der Waals surface area contributed by atoms with Crippen LogP contribution in [0.2, 0.25) is 5.02 Å². The Kier molecular flexibility index (Phi) is 2.98. The molecule has 1 N–H and O–H groups in total. The minimum absolute atomic E-state index is 0.259. The van der Waals surface area contributed by atoms with Crippen LogP contribution in [-0.2, 0) is 0 Å². The zero-order chi connectivity index (χ0) is 11.0. The van der Waals surface area contributed by atoms with Gasteiger partial charge in [-0.2, -0.15) is 0 Å². The average Bonchev–Trinajstić information content (AvgIpc) is 2.73. The van der Waals surface area contributed by atoms with Crippen LogP contribution in [0.5, 0.6) is 0 Å². The molecule has 15 heavy (non-hydrogen) atoms. The third-order valence-corrected chi connectivity index (χ3v) is 3.57. The van der Waals surface area contributed by atoms with Crippen LogP contribution in [0, 0.1) is 19.7 Å². The highest BCUT2D eigenvalue weighted by Crippen LogP contribution is 2.32. The summed E-state index contributed by atoms with van der Waals surface area (Å²) in [6.45, 7) is 4.67. The fourth-order valence-corrected chi connectivity index (χ4v) is 2.38. The first-order valence-corrected chi connectivity index (χ1v) is 5.67. The Morgan fingerprint density at radius 3 is 2.80 bits per heavy atom. The molecule has 1 fully saturated rings. The Bertz CT molecular complexity index is 384. The quantitative estimate of drug-likeness (QED) is 0.774. The molecule has 0 aliphatic carbocycles. The standard InChI is InChI=1S/C12H15ClFN/c1-7-6-9(10-4-3-5-15-10)8(2)12(14)11(7)13/h6,10,15H,3-5H2,1-2H3. The van der Waals surface area contributed by atoms with E-state index < -0.39 is 0 Å². The van der Waals surface area contributed by atoms with Gasteiger partial charge in [0.05, 0.1) is 5.02 Å². The Morgan fingerprint density at radius 2 is 2.20 bits per heavy atom. The molecule has 0 bridgehead atoms. The summed E-state index contributed by atoms with van der Waals surface area (Å²) in [4.78, 5) is 0. The molecule has 2 rings (SSSR count). The highest BCUT2D eigenvalue weighted by Gasteiger charge is 2.21. The van der Waals surface area contributed by atoms with Crippen molar-refractivity contribution in [2.75, 3.05) is 6.54 Å². The maximum Gasteiger partial charge on any atom is 0.145 e. The topological polar surface area (TPSA) is 12.0 Å². The van der Waals surface area contributed by atoms with Crippen molar-refractivity contribution < 1.29 is 4.39 Å². The van der Waals surface area contributed by atoms with Crippen LogP contribution in [0.1, 0.15) is 35.6 Å². The van der Waals surface area contributed by atoms with Crippen LogP contribution in [0.4, 0.5) is 4.39 Å². The second-order valence-corrected chi connectivity index (χ2v) is 4.56. The Morgan fingerprint density at radius 1 is 1.47 bits per heavy atom. The van der Waals surface area contributed by atoms with Gasteiger partial charge >= 0.3 is 0 Å². The van der Waals surface area contributed by atoms with Gasteiger partial charge < -0.3 is 5.32 Å². The first-order chi connectivity index (χ1) is 7.11. The molecule has 0 spiro atoms. The van der Waals surface area contributed by atoms with Gasteiger partial charge in [0.25, 0.3) is 0 Å². The van der Waals surface area contributed by atoms with Crippen LogP contribution in [0.25, 0.3) is 0 Å². The molecule has 0 amide bonds. The van der Waals surface area contributed by atoms with Crippen molar-refractivity contribution in [3.05, 3.63) is 33.6 Å². The molecule has 1 heterocycles. The molecule has 0 radical (unpaired) electrons. The molecular formula is C12H15ClFN. The first kappa shape index (κ1) is 10.9. The predicted molar refractivity (Wildman–Crippen MR) is 60.9 cm³/mol. The van der Waals surface area contributed by atoms with Gasteiger partial charge in [0.15, 0.2) is 0 Å². The number of halogens is 2. The minimum Gasteiger partial charge on any atom is -0.310 e. The van der Waals surface area contributed by atoms with Crippen LogP contribution in [0.3, 0.4) is 0 Å². The SMILES string of the molecule is Cc1cc(C2CCCN2)c(C)c(F)c1Cl. The van der Waals surface area contributed by atoms with E-state index in [1.165, 1.54) is 0 Å². The maximum absolute atomic E-state index is 13.7. The fourth-order valence-electron chi connectivity index (χ4n) is 2.18. The smallest absolute Gasteiger partial charge is 0.145 e. The van der Waals surface area contributed by atoms with E-state index in [4.69, 9.17) is 11.6 Å². The number of aryl methyl sites for hydroxylation is 1. The summed E-state index contributed by atoms with van der Waals surface area (Å²) >= 11 is 5.87. The predicted octanol–water partition coefficient (Wildman–Crippen LogP) is 3.52. The lowest BCUT2D eigenvalue weighted by Gasteiger charge is -2.16. The van der Waals surface area contributed by atoms with Crippen LogP contribution < -0.4 is 5.32 Å². The summed E-state index contributed by atoms with van der Waals surface area (Å²) in [6.07, 6.45) is 2.24. The van der Waals surface area contributed by atoms with Crippen LogP contribution in [-0.4, -0.2) is 6.54 Å². The zero-order valence-corrected chi connectivity index (χ0v) is 9.79. The van der Waals surface area contributed by atoms with Gasteiger partial charge in [0.2, 0.25) is 0 Å². The third-order valence-electron chi connectivity index (χ3n) is 3.11. The lowest BCUT2D eigenvalue weighted by atomic mass is 9.97. The summed E-state index contributed by atoms with van der Waals surface area (Å²) in [6, 6.07) is 2.31. The van der Waals surface area contributed by atoms with Gasteiger partial charge in [-0.25, -0.2) is 4.39 Å². The van der Waals surface area contributed by atoms with Gasteiger partial charge in [0.1, 0.15) is 5.82 Å². The van der Waals surface area contributed by atoms with Crippen molar-refractivity contribution in [2.45, 2.75) is 32.7 Å². The fraction of sp³-hybridized carbons (Fsp3) is 0.500. The second-order valence-electron chi connectivity index (χ2n) is 4.18. The van der Waals surface area contributed by atoms with Crippen molar-refractivity contribution in [1.29, 1.82) is 0 Å². The van der Waals surface area contributed by atoms with Gasteiger partial charge in [-0.05, 0) is 49.9 Å². The van der Waals surface area contributed by atoms with E-state index in [1.54, 1.807) is 6.92 Å². The molecule has 1 aliphatic heterocycles. The summed E-state index contributed by atoms with van der Waals surface area (Å²) < 4.78 is 13.7. The van der Waals surface area contributed by atoms with Crippen LogP contribution >= 0.6 is 11.6 Å². The summed E-state index contributed by atoms with van der Waals surface area (Å²) in [5.41, 5.74) is 2.57. The van der Waals surface area contributed by atoms with E-state index >= 15 is 0 Å². The van der Waals surface area contributed by atoms with Gasteiger partial charge in [-0.3, -0.25) is 0 Å². The molecule has 1 nitrogen and oxygen atoms in total. The largest absolute Gasteiger partial charge is 0.310 e. The molecule has 82 valence electrons. The van der Waals surface area contributed by atoms with E-state index in [2.05, 4.69) is 5.32 Å². The van der Waals surface area contributed by atoms with Crippen molar-refractivity contribution in [1.82, 2.24) is 5.32 Å². The summed E-state index contributed by atoms with van der Waals surface area (Å²) in [7, 11) is 0. The molecule has 0 saturated carbocycles. The maximum atomic E-state index is 13.7. The normalized spacial score (nSPS) is 20.9. The summed E-state index contributed by atoms with van der Waals surface area (Å²) in [5.74, 6) is -0.264. The first-order valence-electron chi connectivity index (χ1n) is 5.29. The lowest BCUT2D eigenvalue weighted by Crippen LogP contribution is -2.15. The van der Waals surface area contributed by atoms with Crippen molar-refractivity contribution in [2.24, 2.45) is 0 Å². The summed E-state index contributed by atoms with van der Waals surface area (Å²) in [5, 5.41) is 3.64. The molecule has 1 aromatic carbocycles. The number of benzene rings is 1. The number of rotatable bonds is 1. The Balaban J connectivity index is 2.47. The van der Waals surface area contributed by atoms with E-state index in [0.29, 0.717) is 11.6 Å². The molecule has 0 aromatic heterocycles. The second kappa shape index (κ2) is 4.11. The Labute approximate surface area is 94.6 Å². The number of hydrogen-bond donors (Lipinski definition) is 1. The molecule has 1 aromatic rings. The number of nitrogens with one attached hydrogen (secondary N) is 1. The molecule has 1 saturated heterocycles. The van der Waals surface area contributed by atoms with Crippen LogP contribution in [0.15, 0.2) is 6.07 Å². The van der Waals surface area contributed by atoms with E-state index in [1.807, 2.05) is 13.0 Å². The number of hydrogen-bond acceptors (Lipinski definition) is 1. The minimum atomic E-state index is -0.264. The molecule has 1 unspecified atom stereocenters. The average molecular weight is 228 g/mol. The highest BCUT2D eigenvalue weighted by molar-refractivity contribution is 6.31. The van der Waals surface area contributed by atoms with E-state index in [0.717, 1.165) is 30.5 Å². The van der Waals surface area contributed by atoms with E-state index in [-0.39, 0.29) is 10.8 Å². The Hall–Kier alpha value is -0.600. The van der Waals surface area contributed by atoms with E-state index in [9.17, 15) is 4.39 Å². The molecular weight excluding hydrogens is 213 g/mol. The van der Waals surface area contributed by atoms with Crippen molar-refractivity contribution in [3.63, 3.8) is 0 Å². The molecule has 1 atom stereocenters. The molecule has 3 heteroatoms. The monoisotopic (exact) mass is 227 g/mol. The lowest BCUT2D eigenvalue weighted by molar-refractivity contribution is 0.594. The zero-order valence-electron chi connectivity index (χ0n) is 9.03.